The first-order valence-corrected chi connectivity index (χ1v) is 7.44. The van der Waals surface area contributed by atoms with E-state index in [2.05, 4.69) is 10.2 Å². The molecule has 0 bridgehead atoms. The zero-order valence-corrected chi connectivity index (χ0v) is 12.0. The minimum absolute atomic E-state index is 0.152. The molecule has 0 aromatic heterocycles. The van der Waals surface area contributed by atoms with Gasteiger partial charge in [-0.25, -0.2) is 0 Å². The zero-order valence-electron chi connectivity index (χ0n) is 12.0. The van der Waals surface area contributed by atoms with Gasteiger partial charge in [0.15, 0.2) is 0 Å². The maximum Gasteiger partial charge on any atom is 0.223 e. The van der Waals surface area contributed by atoms with Crippen molar-refractivity contribution >= 4 is 5.91 Å². The molecule has 110 valence electrons. The molecule has 1 amide bonds. The van der Waals surface area contributed by atoms with Crippen LogP contribution in [0.2, 0.25) is 0 Å². The van der Waals surface area contributed by atoms with Crippen LogP contribution in [0.5, 0.6) is 0 Å². The van der Waals surface area contributed by atoms with Crippen molar-refractivity contribution in [1.29, 1.82) is 0 Å². The summed E-state index contributed by atoms with van der Waals surface area (Å²) in [4.78, 5) is 14.4. The molecule has 1 aliphatic heterocycles. The fourth-order valence-electron chi connectivity index (χ4n) is 3.08. The van der Waals surface area contributed by atoms with Gasteiger partial charge in [-0.2, -0.15) is 0 Å². The molecule has 0 spiro atoms. The highest BCUT2D eigenvalue weighted by Gasteiger charge is 2.39. The number of nitrogens with zero attached hydrogens (tertiary/aromatic N) is 1. The molecule has 5 heteroatoms. The van der Waals surface area contributed by atoms with E-state index in [0.29, 0.717) is 19.0 Å². The van der Waals surface area contributed by atoms with Crippen LogP contribution in [0.3, 0.4) is 0 Å². The van der Waals surface area contributed by atoms with Crippen molar-refractivity contribution in [3.05, 3.63) is 0 Å². The molecule has 2 aliphatic rings. The highest BCUT2D eigenvalue weighted by molar-refractivity contribution is 5.77. The lowest BCUT2D eigenvalue weighted by Gasteiger charge is -2.40. The topological polar surface area (TPSA) is 67.6 Å². The van der Waals surface area contributed by atoms with E-state index in [4.69, 9.17) is 10.5 Å². The van der Waals surface area contributed by atoms with E-state index in [9.17, 15) is 4.79 Å². The van der Waals surface area contributed by atoms with Gasteiger partial charge in [0, 0.05) is 39.3 Å². The third kappa shape index (κ3) is 3.91. The van der Waals surface area contributed by atoms with Crippen molar-refractivity contribution in [2.45, 2.75) is 50.2 Å². The fraction of sp³-hybridized carbons (Fsp3) is 0.929. The first kappa shape index (κ1) is 14.8. The summed E-state index contributed by atoms with van der Waals surface area (Å²) in [6.45, 7) is 3.76. The van der Waals surface area contributed by atoms with Crippen LogP contribution in [0.25, 0.3) is 0 Å². The molecule has 2 rings (SSSR count). The molecule has 0 unspecified atom stereocenters. The molecule has 0 radical (unpaired) electrons. The Bertz CT molecular complexity index is 292. The molecule has 0 aromatic rings. The summed E-state index contributed by atoms with van der Waals surface area (Å²) in [7, 11) is 1.72. The highest BCUT2D eigenvalue weighted by atomic mass is 16.5. The summed E-state index contributed by atoms with van der Waals surface area (Å²) in [5, 5.41) is 3.16. The van der Waals surface area contributed by atoms with Gasteiger partial charge in [0.25, 0.3) is 0 Å². The molecule has 5 nitrogen and oxygen atoms in total. The summed E-state index contributed by atoms with van der Waals surface area (Å²) in [5.41, 5.74) is 5.39. The molecule has 1 aliphatic carbocycles. The molecule has 19 heavy (non-hydrogen) atoms. The minimum Gasteiger partial charge on any atom is -0.378 e. The summed E-state index contributed by atoms with van der Waals surface area (Å²) >= 11 is 0. The largest absolute Gasteiger partial charge is 0.378 e. The van der Waals surface area contributed by atoms with Crippen LogP contribution in [-0.2, 0) is 9.53 Å². The lowest BCUT2D eigenvalue weighted by Crippen LogP contribution is -2.49. The number of piperidine rings is 1. The van der Waals surface area contributed by atoms with Crippen molar-refractivity contribution < 1.29 is 9.53 Å². The average Bonchev–Trinajstić information content (AvgIpc) is 2.37. The number of methoxy groups -OCH3 is 1. The van der Waals surface area contributed by atoms with Gasteiger partial charge in [-0.05, 0) is 32.1 Å². The van der Waals surface area contributed by atoms with Crippen molar-refractivity contribution in [3.63, 3.8) is 0 Å². The number of nitrogens with two attached hydrogens (primary N) is 1. The number of ether oxygens (including phenoxy) is 1. The van der Waals surface area contributed by atoms with E-state index in [-0.39, 0.29) is 11.5 Å². The SMILES string of the molecule is COC1(CC(=O)NC2CCN(CCN)CC2)CCC1. The van der Waals surface area contributed by atoms with Gasteiger partial charge in [-0.1, -0.05) is 0 Å². The van der Waals surface area contributed by atoms with Gasteiger partial charge in [0.2, 0.25) is 5.91 Å². The first-order chi connectivity index (χ1) is 9.17. The Kier molecular flexibility index (Phi) is 5.19. The Labute approximate surface area is 115 Å². The third-order valence-corrected chi connectivity index (χ3v) is 4.58. The predicted molar refractivity (Wildman–Crippen MR) is 74.9 cm³/mol. The molecule has 1 saturated heterocycles. The van der Waals surface area contributed by atoms with E-state index in [1.165, 1.54) is 6.42 Å². The van der Waals surface area contributed by atoms with Gasteiger partial charge in [-0.15, -0.1) is 0 Å². The standard InChI is InChI=1S/C14H27N3O2/c1-19-14(5-2-6-14)11-13(18)16-12-3-8-17(9-4-12)10-7-15/h12H,2-11,15H2,1H3,(H,16,18). The molecule has 1 saturated carbocycles. The van der Waals surface area contributed by atoms with Gasteiger partial charge in [0.05, 0.1) is 12.0 Å². The van der Waals surface area contributed by atoms with E-state index in [1.807, 2.05) is 0 Å². The number of hydrogen-bond donors (Lipinski definition) is 2. The van der Waals surface area contributed by atoms with Crippen LogP contribution in [0.15, 0.2) is 0 Å². The van der Waals surface area contributed by atoms with Gasteiger partial charge in [-0.3, -0.25) is 4.79 Å². The smallest absolute Gasteiger partial charge is 0.223 e. The monoisotopic (exact) mass is 269 g/mol. The third-order valence-electron chi connectivity index (χ3n) is 4.58. The molecular formula is C14H27N3O2. The van der Waals surface area contributed by atoms with Crippen LogP contribution >= 0.6 is 0 Å². The second-order valence-corrected chi connectivity index (χ2v) is 5.89. The van der Waals surface area contributed by atoms with Crippen molar-refractivity contribution in [3.8, 4) is 0 Å². The van der Waals surface area contributed by atoms with Crippen molar-refractivity contribution in [2.75, 3.05) is 33.3 Å². The van der Waals surface area contributed by atoms with Gasteiger partial charge in [0.1, 0.15) is 0 Å². The molecule has 2 fully saturated rings. The Morgan fingerprint density at radius 2 is 2.11 bits per heavy atom. The number of likely N-dealkylation sites (tertiary alicyclic amines) is 1. The molecule has 0 aromatic carbocycles. The minimum atomic E-state index is -0.162. The van der Waals surface area contributed by atoms with E-state index in [0.717, 1.165) is 45.3 Å². The van der Waals surface area contributed by atoms with Crippen molar-refractivity contribution in [1.82, 2.24) is 10.2 Å². The number of carbonyl (C=O) groups is 1. The Hall–Kier alpha value is -0.650. The summed E-state index contributed by atoms with van der Waals surface area (Å²) in [6, 6.07) is 0.329. The Morgan fingerprint density at radius 1 is 1.42 bits per heavy atom. The highest BCUT2D eigenvalue weighted by Crippen LogP contribution is 2.37. The summed E-state index contributed by atoms with van der Waals surface area (Å²) in [6.07, 6.45) is 5.81. The van der Waals surface area contributed by atoms with Crippen LogP contribution in [0.1, 0.15) is 38.5 Å². The predicted octanol–water partition coefficient (Wildman–Crippen LogP) is 0.485. The second kappa shape index (κ2) is 6.68. The van der Waals surface area contributed by atoms with E-state index >= 15 is 0 Å². The number of amides is 1. The van der Waals surface area contributed by atoms with E-state index in [1.54, 1.807) is 7.11 Å². The maximum atomic E-state index is 12.1. The van der Waals surface area contributed by atoms with Crippen LogP contribution in [0, 0.1) is 0 Å². The zero-order chi connectivity index (χ0) is 13.7. The summed E-state index contributed by atoms with van der Waals surface area (Å²) in [5.74, 6) is 0.152. The normalized spacial score (nSPS) is 23.9. The Balaban J connectivity index is 1.69. The molecule has 1 heterocycles. The summed E-state index contributed by atoms with van der Waals surface area (Å²) < 4.78 is 5.50. The number of hydrogen-bond acceptors (Lipinski definition) is 4. The number of carbonyl (C=O) groups excluding carboxylic acids is 1. The number of nitrogens with one attached hydrogen (secondary N) is 1. The first-order valence-electron chi connectivity index (χ1n) is 7.44. The average molecular weight is 269 g/mol. The number of rotatable bonds is 6. The van der Waals surface area contributed by atoms with Gasteiger partial charge < -0.3 is 20.7 Å². The molecular weight excluding hydrogens is 242 g/mol. The van der Waals surface area contributed by atoms with Gasteiger partial charge >= 0.3 is 0 Å². The van der Waals surface area contributed by atoms with Crippen LogP contribution in [0.4, 0.5) is 0 Å². The molecule has 0 atom stereocenters. The van der Waals surface area contributed by atoms with Crippen LogP contribution < -0.4 is 11.1 Å². The van der Waals surface area contributed by atoms with E-state index < -0.39 is 0 Å². The van der Waals surface area contributed by atoms with Crippen LogP contribution in [-0.4, -0.2) is 55.7 Å². The fourth-order valence-corrected chi connectivity index (χ4v) is 3.08. The molecule has 3 N–H and O–H groups in total. The quantitative estimate of drug-likeness (QED) is 0.736. The van der Waals surface area contributed by atoms with Crippen molar-refractivity contribution in [2.24, 2.45) is 5.73 Å². The second-order valence-electron chi connectivity index (χ2n) is 5.89. The lowest BCUT2D eigenvalue weighted by molar-refractivity contribution is -0.135. The Morgan fingerprint density at radius 3 is 2.58 bits per heavy atom. The maximum absolute atomic E-state index is 12.1. The lowest BCUT2D eigenvalue weighted by atomic mass is 9.77.